The van der Waals surface area contributed by atoms with Gasteiger partial charge in [-0.25, -0.2) is 0 Å². The van der Waals surface area contributed by atoms with E-state index in [1.807, 2.05) is 6.07 Å². The highest BCUT2D eigenvalue weighted by atomic mass is 19.4. The topological polar surface area (TPSA) is 67.4 Å². The van der Waals surface area contributed by atoms with Crippen molar-refractivity contribution in [2.75, 3.05) is 33.4 Å². The SMILES string of the molecule is COCC(=O)N1CC[C@H](c2cc(CCOc3cccc(C(F)(F)F)c3)[nH]n2)C1. The van der Waals surface area contributed by atoms with Crippen LogP contribution in [-0.4, -0.2) is 54.4 Å². The molecule has 152 valence electrons. The zero-order chi connectivity index (χ0) is 20.1. The molecular weight excluding hydrogens is 375 g/mol. The van der Waals surface area contributed by atoms with Gasteiger partial charge in [-0.15, -0.1) is 0 Å². The van der Waals surface area contributed by atoms with Gasteiger partial charge < -0.3 is 14.4 Å². The summed E-state index contributed by atoms with van der Waals surface area (Å²) in [5.41, 5.74) is 0.980. The molecule has 1 aromatic heterocycles. The van der Waals surface area contributed by atoms with Crippen molar-refractivity contribution in [2.45, 2.75) is 24.9 Å². The van der Waals surface area contributed by atoms with Crippen LogP contribution < -0.4 is 4.74 Å². The zero-order valence-corrected chi connectivity index (χ0v) is 15.5. The van der Waals surface area contributed by atoms with Gasteiger partial charge in [0.05, 0.1) is 17.9 Å². The highest BCUT2D eigenvalue weighted by molar-refractivity contribution is 5.77. The second-order valence-electron chi connectivity index (χ2n) is 6.70. The molecule has 1 fully saturated rings. The first kappa shape index (κ1) is 20.2. The third-order valence-corrected chi connectivity index (χ3v) is 4.68. The highest BCUT2D eigenvalue weighted by Gasteiger charge is 2.31. The van der Waals surface area contributed by atoms with Crippen LogP contribution in [0.1, 0.15) is 29.3 Å². The minimum Gasteiger partial charge on any atom is -0.493 e. The number of amides is 1. The molecule has 0 spiro atoms. The van der Waals surface area contributed by atoms with Crippen molar-refractivity contribution in [3.05, 3.63) is 47.3 Å². The molecule has 2 aromatic rings. The Balaban J connectivity index is 1.50. The van der Waals surface area contributed by atoms with E-state index in [0.717, 1.165) is 29.9 Å². The summed E-state index contributed by atoms with van der Waals surface area (Å²) >= 11 is 0. The van der Waals surface area contributed by atoms with Crippen LogP contribution in [0.3, 0.4) is 0 Å². The Hall–Kier alpha value is -2.55. The number of benzene rings is 1. The standard InChI is InChI=1S/C19H22F3N3O3/c1-27-12-18(26)25-7-5-13(11-25)17-10-15(23-24-17)6-8-28-16-4-2-3-14(9-16)19(20,21)22/h2-4,9-10,13H,5-8,11-12H2,1H3,(H,23,24)/t13-/m0/s1. The molecule has 0 bridgehead atoms. The van der Waals surface area contributed by atoms with Gasteiger partial charge in [-0.05, 0) is 30.7 Å². The molecule has 1 saturated heterocycles. The Morgan fingerprint density at radius 3 is 2.93 bits per heavy atom. The number of ether oxygens (including phenoxy) is 2. The molecule has 1 aromatic carbocycles. The van der Waals surface area contributed by atoms with Gasteiger partial charge in [0.25, 0.3) is 0 Å². The molecule has 1 aliphatic heterocycles. The maximum absolute atomic E-state index is 12.7. The van der Waals surface area contributed by atoms with Crippen LogP contribution in [0.5, 0.6) is 5.75 Å². The molecule has 3 rings (SSSR count). The number of hydrogen-bond donors (Lipinski definition) is 1. The number of H-pyrrole nitrogens is 1. The first-order valence-corrected chi connectivity index (χ1v) is 8.98. The Labute approximate surface area is 160 Å². The normalized spacial score (nSPS) is 17.1. The van der Waals surface area contributed by atoms with E-state index in [0.29, 0.717) is 19.5 Å². The maximum Gasteiger partial charge on any atom is 0.416 e. The Morgan fingerprint density at radius 1 is 1.36 bits per heavy atom. The minimum absolute atomic E-state index is 0.0322. The van der Waals surface area contributed by atoms with Gasteiger partial charge in [-0.2, -0.15) is 18.3 Å². The second kappa shape index (κ2) is 8.64. The molecule has 0 saturated carbocycles. The molecule has 0 radical (unpaired) electrons. The lowest BCUT2D eigenvalue weighted by Crippen LogP contribution is -2.31. The van der Waals surface area contributed by atoms with E-state index in [2.05, 4.69) is 10.2 Å². The maximum atomic E-state index is 12.7. The lowest BCUT2D eigenvalue weighted by Gasteiger charge is -2.15. The van der Waals surface area contributed by atoms with Gasteiger partial charge in [-0.1, -0.05) is 6.07 Å². The van der Waals surface area contributed by atoms with Crippen LogP contribution in [0.4, 0.5) is 13.2 Å². The molecule has 1 aliphatic rings. The average Bonchev–Trinajstić information content (AvgIpc) is 3.31. The number of aromatic amines is 1. The smallest absolute Gasteiger partial charge is 0.416 e. The number of aromatic nitrogens is 2. The third-order valence-electron chi connectivity index (χ3n) is 4.68. The van der Waals surface area contributed by atoms with Crippen molar-refractivity contribution >= 4 is 5.91 Å². The number of likely N-dealkylation sites (tertiary alicyclic amines) is 1. The number of alkyl halides is 3. The van der Waals surface area contributed by atoms with E-state index in [1.54, 1.807) is 4.90 Å². The highest BCUT2D eigenvalue weighted by Crippen LogP contribution is 2.31. The molecule has 1 atom stereocenters. The fourth-order valence-corrected chi connectivity index (χ4v) is 3.20. The predicted octanol–water partition coefficient (Wildman–Crippen LogP) is 3.01. The number of nitrogens with one attached hydrogen (secondary N) is 1. The van der Waals surface area contributed by atoms with E-state index < -0.39 is 11.7 Å². The molecular formula is C19H22F3N3O3. The largest absolute Gasteiger partial charge is 0.493 e. The summed E-state index contributed by atoms with van der Waals surface area (Å²) in [7, 11) is 1.49. The van der Waals surface area contributed by atoms with Gasteiger partial charge in [0.15, 0.2) is 0 Å². The number of hydrogen-bond acceptors (Lipinski definition) is 4. The number of rotatable bonds is 7. The van der Waals surface area contributed by atoms with Crippen LogP contribution >= 0.6 is 0 Å². The third kappa shape index (κ3) is 5.03. The van der Waals surface area contributed by atoms with Crippen LogP contribution in [0, 0.1) is 0 Å². The predicted molar refractivity (Wildman–Crippen MR) is 95.0 cm³/mol. The molecule has 0 unspecified atom stereocenters. The van der Waals surface area contributed by atoms with Crippen molar-refractivity contribution in [3.63, 3.8) is 0 Å². The first-order valence-electron chi connectivity index (χ1n) is 8.98. The van der Waals surface area contributed by atoms with Crippen molar-refractivity contribution in [3.8, 4) is 5.75 Å². The van der Waals surface area contributed by atoms with E-state index in [9.17, 15) is 18.0 Å². The summed E-state index contributed by atoms with van der Waals surface area (Å²) in [6.07, 6.45) is -3.07. The summed E-state index contributed by atoms with van der Waals surface area (Å²) in [6, 6.07) is 6.74. The minimum atomic E-state index is -4.39. The number of carbonyl (C=O) groups is 1. The number of nitrogens with zero attached hydrogens (tertiary/aromatic N) is 2. The lowest BCUT2D eigenvalue weighted by molar-refractivity contribution is -0.137. The average molecular weight is 397 g/mol. The summed E-state index contributed by atoms with van der Waals surface area (Å²) in [5.74, 6) is 0.308. The Morgan fingerprint density at radius 2 is 2.18 bits per heavy atom. The molecule has 9 heteroatoms. The van der Waals surface area contributed by atoms with Crippen LogP contribution in [0.15, 0.2) is 30.3 Å². The van der Waals surface area contributed by atoms with Crippen molar-refractivity contribution in [2.24, 2.45) is 0 Å². The number of methoxy groups -OCH3 is 1. The molecule has 6 nitrogen and oxygen atoms in total. The summed E-state index contributed by atoms with van der Waals surface area (Å²) in [6.45, 7) is 1.58. The van der Waals surface area contributed by atoms with Crippen molar-refractivity contribution < 1.29 is 27.4 Å². The fourth-order valence-electron chi connectivity index (χ4n) is 3.20. The van der Waals surface area contributed by atoms with Gasteiger partial charge in [-0.3, -0.25) is 9.89 Å². The zero-order valence-electron chi connectivity index (χ0n) is 15.5. The van der Waals surface area contributed by atoms with Gasteiger partial charge in [0.2, 0.25) is 5.91 Å². The van der Waals surface area contributed by atoms with Crippen LogP contribution in [0.2, 0.25) is 0 Å². The first-order chi connectivity index (χ1) is 13.4. The van der Waals surface area contributed by atoms with E-state index in [1.165, 1.54) is 19.2 Å². The fraction of sp³-hybridized carbons (Fsp3) is 0.474. The van der Waals surface area contributed by atoms with Crippen LogP contribution in [0.25, 0.3) is 0 Å². The molecule has 2 heterocycles. The summed E-state index contributed by atoms with van der Waals surface area (Å²) in [4.78, 5) is 13.6. The van der Waals surface area contributed by atoms with Crippen molar-refractivity contribution in [1.82, 2.24) is 15.1 Å². The molecule has 28 heavy (non-hydrogen) atoms. The number of carbonyl (C=O) groups excluding carboxylic acids is 1. The van der Waals surface area contributed by atoms with Crippen LogP contribution in [-0.2, 0) is 22.1 Å². The number of halogens is 3. The van der Waals surface area contributed by atoms with Gasteiger partial charge >= 0.3 is 6.18 Å². The summed E-state index contributed by atoms with van der Waals surface area (Å²) < 4.78 is 48.5. The molecule has 0 aliphatic carbocycles. The Kier molecular flexibility index (Phi) is 6.23. The monoisotopic (exact) mass is 397 g/mol. The molecule has 1 N–H and O–H groups in total. The Bertz CT molecular complexity index is 807. The molecule has 1 amide bonds. The van der Waals surface area contributed by atoms with E-state index in [-0.39, 0.29) is 30.8 Å². The second-order valence-corrected chi connectivity index (χ2v) is 6.70. The van der Waals surface area contributed by atoms with Gasteiger partial charge in [0.1, 0.15) is 12.4 Å². The van der Waals surface area contributed by atoms with Gasteiger partial charge in [0, 0.05) is 38.2 Å². The quantitative estimate of drug-likeness (QED) is 0.780. The lowest BCUT2D eigenvalue weighted by atomic mass is 10.0. The van der Waals surface area contributed by atoms with E-state index in [4.69, 9.17) is 9.47 Å². The van der Waals surface area contributed by atoms with Crippen molar-refractivity contribution in [1.29, 1.82) is 0 Å². The summed E-state index contributed by atoms with van der Waals surface area (Å²) in [5, 5.41) is 7.25. The van der Waals surface area contributed by atoms with E-state index >= 15 is 0 Å².